The normalized spacial score (nSPS) is 21.8. The summed E-state index contributed by atoms with van der Waals surface area (Å²) < 4.78 is 0. The largest absolute Gasteiger partial charge is 0.330 e. The van der Waals surface area contributed by atoms with Crippen LogP contribution in [0.25, 0.3) is 0 Å². The van der Waals surface area contributed by atoms with Crippen LogP contribution in [0.2, 0.25) is 0 Å². The number of carbonyl (C=O) groups excluding carboxylic acids is 1. The van der Waals surface area contributed by atoms with Crippen molar-refractivity contribution in [1.29, 1.82) is 0 Å². The quantitative estimate of drug-likeness (QED) is 0.722. The summed E-state index contributed by atoms with van der Waals surface area (Å²) in [5, 5.41) is 6.80. The summed E-state index contributed by atoms with van der Waals surface area (Å²) >= 11 is 0. The molecule has 1 unspecified atom stereocenters. The van der Waals surface area contributed by atoms with E-state index in [4.69, 9.17) is 5.73 Å². The molecule has 6 heteroatoms. The minimum absolute atomic E-state index is 0.0297. The lowest BCUT2D eigenvalue weighted by molar-refractivity contribution is 0.0510. The molecule has 0 saturated carbocycles. The molecule has 1 saturated heterocycles. The molecule has 0 radical (unpaired) electrons. The number of carbonyl (C=O) groups is 1. The Morgan fingerprint density at radius 1 is 1.65 bits per heavy atom. The average Bonchev–Trinajstić information content (AvgIpc) is 2.75. The topological polar surface area (TPSA) is 78.2 Å². The number of aryl methyl sites for hydroxylation is 1. The maximum Gasteiger partial charge on any atom is 0.274 e. The Labute approximate surface area is 101 Å². The Hall–Kier alpha value is -1.40. The molecule has 2 heterocycles. The van der Waals surface area contributed by atoms with Gasteiger partial charge in [0.2, 0.25) is 0 Å². The molecule has 3 N–H and O–H groups in total. The Bertz CT molecular complexity index is 402. The molecule has 1 fully saturated rings. The lowest BCUT2D eigenvalue weighted by atomic mass is 10.1. The summed E-state index contributed by atoms with van der Waals surface area (Å²) in [4.78, 5) is 16.3. The second-order valence-corrected chi connectivity index (χ2v) is 4.59. The van der Waals surface area contributed by atoms with Gasteiger partial charge in [-0.3, -0.25) is 9.89 Å². The first-order valence-electron chi connectivity index (χ1n) is 5.83. The van der Waals surface area contributed by atoms with Gasteiger partial charge < -0.3 is 15.5 Å². The van der Waals surface area contributed by atoms with Gasteiger partial charge >= 0.3 is 0 Å². The van der Waals surface area contributed by atoms with E-state index < -0.39 is 0 Å². The molecule has 94 valence electrons. The van der Waals surface area contributed by atoms with Crippen LogP contribution in [0, 0.1) is 6.92 Å². The third-order valence-electron chi connectivity index (χ3n) is 3.14. The van der Waals surface area contributed by atoms with E-state index in [2.05, 4.69) is 15.1 Å². The smallest absolute Gasteiger partial charge is 0.274 e. The van der Waals surface area contributed by atoms with Gasteiger partial charge in [-0.1, -0.05) is 0 Å². The van der Waals surface area contributed by atoms with Gasteiger partial charge in [0.25, 0.3) is 5.91 Å². The van der Waals surface area contributed by atoms with Gasteiger partial charge in [0, 0.05) is 31.9 Å². The predicted molar refractivity (Wildman–Crippen MR) is 64.7 cm³/mol. The molecule has 1 aliphatic rings. The first kappa shape index (κ1) is 12.1. The van der Waals surface area contributed by atoms with E-state index in [9.17, 15) is 4.79 Å². The minimum Gasteiger partial charge on any atom is -0.330 e. The summed E-state index contributed by atoms with van der Waals surface area (Å²) in [6, 6.07) is 1.85. The van der Waals surface area contributed by atoms with E-state index in [1.165, 1.54) is 0 Å². The van der Waals surface area contributed by atoms with Gasteiger partial charge in [-0.2, -0.15) is 5.10 Å². The maximum atomic E-state index is 12.3. The number of H-pyrrole nitrogens is 1. The lowest BCUT2D eigenvalue weighted by Gasteiger charge is -2.39. The molecular weight excluding hydrogens is 218 g/mol. The fourth-order valence-electron chi connectivity index (χ4n) is 2.15. The van der Waals surface area contributed by atoms with Gasteiger partial charge in [-0.15, -0.1) is 0 Å². The molecule has 1 aromatic rings. The van der Waals surface area contributed by atoms with Crippen molar-refractivity contribution in [1.82, 2.24) is 20.0 Å². The molecule has 6 nitrogen and oxygen atoms in total. The van der Waals surface area contributed by atoms with Crippen molar-refractivity contribution in [2.24, 2.45) is 5.73 Å². The molecule has 1 amide bonds. The summed E-state index contributed by atoms with van der Waals surface area (Å²) in [5.41, 5.74) is 7.10. The molecule has 0 spiro atoms. The van der Waals surface area contributed by atoms with E-state index in [0.717, 1.165) is 18.8 Å². The van der Waals surface area contributed by atoms with Crippen LogP contribution in [0.3, 0.4) is 0 Å². The van der Waals surface area contributed by atoms with Crippen molar-refractivity contribution >= 4 is 5.91 Å². The van der Waals surface area contributed by atoms with Crippen molar-refractivity contribution < 1.29 is 4.79 Å². The standard InChI is InChI=1S/C11H19N5O/c1-8-5-10(14-13-8)11(17)16-4-3-15(2)7-9(16)6-12/h5,9H,3-4,6-7,12H2,1-2H3,(H,13,14). The zero-order chi connectivity index (χ0) is 12.4. The number of rotatable bonds is 2. The zero-order valence-electron chi connectivity index (χ0n) is 10.3. The average molecular weight is 237 g/mol. The number of aromatic amines is 1. The molecule has 17 heavy (non-hydrogen) atoms. The fourth-order valence-corrected chi connectivity index (χ4v) is 2.15. The number of piperazine rings is 1. The summed E-state index contributed by atoms with van der Waals surface area (Å²) in [7, 11) is 2.04. The van der Waals surface area contributed by atoms with Gasteiger partial charge in [0.05, 0.1) is 6.04 Å². The molecule has 0 bridgehead atoms. The maximum absolute atomic E-state index is 12.3. The van der Waals surface area contributed by atoms with Crippen molar-refractivity contribution in [3.63, 3.8) is 0 Å². The first-order valence-corrected chi connectivity index (χ1v) is 5.83. The number of likely N-dealkylation sites (N-methyl/N-ethyl adjacent to an activating group) is 1. The fraction of sp³-hybridized carbons (Fsp3) is 0.636. The van der Waals surface area contributed by atoms with Crippen LogP contribution in [0.15, 0.2) is 6.07 Å². The molecule has 0 aliphatic carbocycles. The van der Waals surface area contributed by atoms with Crippen LogP contribution in [0.1, 0.15) is 16.2 Å². The second-order valence-electron chi connectivity index (χ2n) is 4.59. The summed E-state index contributed by atoms with van der Waals surface area (Å²) in [6.07, 6.45) is 0. The van der Waals surface area contributed by atoms with E-state index >= 15 is 0 Å². The molecule has 0 aromatic carbocycles. The monoisotopic (exact) mass is 237 g/mol. The summed E-state index contributed by atoms with van der Waals surface area (Å²) in [5.74, 6) is -0.0297. The lowest BCUT2D eigenvalue weighted by Crippen LogP contribution is -2.56. The van der Waals surface area contributed by atoms with Crippen LogP contribution in [-0.4, -0.2) is 65.2 Å². The highest BCUT2D eigenvalue weighted by Crippen LogP contribution is 2.12. The number of nitrogens with one attached hydrogen (secondary N) is 1. The highest BCUT2D eigenvalue weighted by molar-refractivity contribution is 5.92. The van der Waals surface area contributed by atoms with E-state index in [1.54, 1.807) is 6.07 Å². The number of hydrogen-bond acceptors (Lipinski definition) is 4. The summed E-state index contributed by atoms with van der Waals surface area (Å²) in [6.45, 7) is 4.79. The van der Waals surface area contributed by atoms with Gasteiger partial charge in [0.15, 0.2) is 0 Å². The zero-order valence-corrected chi connectivity index (χ0v) is 10.3. The van der Waals surface area contributed by atoms with Crippen LogP contribution < -0.4 is 5.73 Å². The van der Waals surface area contributed by atoms with Crippen LogP contribution in [0.4, 0.5) is 0 Å². The number of nitrogens with zero attached hydrogens (tertiary/aromatic N) is 3. The molecule has 1 atom stereocenters. The Morgan fingerprint density at radius 2 is 2.41 bits per heavy atom. The third kappa shape index (κ3) is 2.48. The SMILES string of the molecule is Cc1cc(C(=O)N2CCN(C)CC2CN)n[nH]1. The molecule has 2 rings (SSSR count). The minimum atomic E-state index is -0.0297. The van der Waals surface area contributed by atoms with E-state index in [-0.39, 0.29) is 11.9 Å². The van der Waals surface area contributed by atoms with Crippen molar-refractivity contribution in [2.75, 3.05) is 33.2 Å². The predicted octanol–water partition coefficient (Wildman–Crippen LogP) is -0.567. The number of aromatic nitrogens is 2. The number of amides is 1. The highest BCUT2D eigenvalue weighted by atomic mass is 16.2. The molecular formula is C11H19N5O. The van der Waals surface area contributed by atoms with Crippen LogP contribution >= 0.6 is 0 Å². The highest BCUT2D eigenvalue weighted by Gasteiger charge is 2.29. The Kier molecular flexibility index (Phi) is 3.44. The van der Waals surface area contributed by atoms with Crippen molar-refractivity contribution in [2.45, 2.75) is 13.0 Å². The third-order valence-corrected chi connectivity index (χ3v) is 3.14. The van der Waals surface area contributed by atoms with E-state index in [1.807, 2.05) is 18.9 Å². The van der Waals surface area contributed by atoms with Gasteiger partial charge in [-0.25, -0.2) is 0 Å². The number of nitrogens with two attached hydrogens (primary N) is 1. The van der Waals surface area contributed by atoms with Crippen LogP contribution in [0.5, 0.6) is 0 Å². The first-order chi connectivity index (χ1) is 8.11. The molecule has 1 aliphatic heterocycles. The van der Waals surface area contributed by atoms with Crippen LogP contribution in [-0.2, 0) is 0 Å². The second kappa shape index (κ2) is 4.85. The number of hydrogen-bond donors (Lipinski definition) is 2. The van der Waals surface area contributed by atoms with E-state index in [0.29, 0.717) is 18.8 Å². The van der Waals surface area contributed by atoms with Crippen molar-refractivity contribution in [3.05, 3.63) is 17.5 Å². The van der Waals surface area contributed by atoms with Gasteiger partial charge in [-0.05, 0) is 20.0 Å². The Morgan fingerprint density at radius 3 is 3.00 bits per heavy atom. The Balaban J connectivity index is 2.13. The van der Waals surface area contributed by atoms with Gasteiger partial charge in [0.1, 0.15) is 5.69 Å². The van der Waals surface area contributed by atoms with Crippen molar-refractivity contribution in [3.8, 4) is 0 Å². The molecule has 1 aromatic heterocycles.